The predicted molar refractivity (Wildman–Crippen MR) is 91.5 cm³/mol. The van der Waals surface area contributed by atoms with Gasteiger partial charge in [0, 0.05) is 11.6 Å². The molecule has 2 atom stereocenters. The Morgan fingerprint density at radius 3 is 2.52 bits per heavy atom. The van der Waals surface area contributed by atoms with Crippen molar-refractivity contribution < 1.29 is 9.32 Å². The van der Waals surface area contributed by atoms with Crippen molar-refractivity contribution in [3.8, 4) is 0 Å². The lowest BCUT2D eigenvalue weighted by Crippen LogP contribution is -2.37. The summed E-state index contributed by atoms with van der Waals surface area (Å²) in [6.45, 7) is 9.91. The minimum atomic E-state index is -0.208. The van der Waals surface area contributed by atoms with Gasteiger partial charge < -0.3 is 9.84 Å². The summed E-state index contributed by atoms with van der Waals surface area (Å²) in [7, 11) is 0. The summed E-state index contributed by atoms with van der Waals surface area (Å²) in [6.07, 6.45) is 1.56. The summed E-state index contributed by atoms with van der Waals surface area (Å²) in [5, 5.41) is 7.11. The first-order chi connectivity index (χ1) is 10.9. The highest BCUT2D eigenvalue weighted by atomic mass is 16.5. The number of benzene rings is 1. The summed E-state index contributed by atoms with van der Waals surface area (Å²) in [4.78, 5) is 12.7. The molecule has 1 aromatic carbocycles. The molecule has 2 rings (SSSR count). The Kier molecular flexibility index (Phi) is 5.59. The van der Waals surface area contributed by atoms with Crippen molar-refractivity contribution >= 4 is 5.91 Å². The Morgan fingerprint density at radius 2 is 1.96 bits per heavy atom. The van der Waals surface area contributed by atoms with Crippen molar-refractivity contribution in [2.45, 2.75) is 59.4 Å². The van der Waals surface area contributed by atoms with Gasteiger partial charge in [-0.25, -0.2) is 0 Å². The van der Waals surface area contributed by atoms with E-state index >= 15 is 0 Å². The topological polar surface area (TPSA) is 55.1 Å². The average molecular weight is 314 g/mol. The van der Waals surface area contributed by atoms with Crippen LogP contribution in [0.2, 0.25) is 0 Å². The Balaban J connectivity index is 2.06. The van der Waals surface area contributed by atoms with Gasteiger partial charge in [0.25, 0.3) is 0 Å². The Bertz CT molecular complexity index is 656. The van der Waals surface area contributed by atoms with E-state index in [1.54, 1.807) is 0 Å². The number of aryl methyl sites for hydroxylation is 3. The number of aromatic nitrogens is 1. The van der Waals surface area contributed by atoms with Crippen LogP contribution in [-0.4, -0.2) is 17.1 Å². The molecule has 1 amide bonds. The molecule has 0 fully saturated rings. The van der Waals surface area contributed by atoms with Gasteiger partial charge in [0.15, 0.2) is 0 Å². The number of hydrogen-bond acceptors (Lipinski definition) is 3. The van der Waals surface area contributed by atoms with E-state index in [0.29, 0.717) is 0 Å². The predicted octanol–water partition coefficient (Wildman–Crippen LogP) is 3.84. The molecule has 0 spiro atoms. The standard InChI is InChI=1S/C19H26N2O2/c1-6-17(18-14(4)21-23-15(18)5)19(22)20-13(3)11-16-10-8-7-9-12(16)2/h7-10,13,17H,6,11H2,1-5H3,(H,20,22)/t13-,17+/m0/s1. The van der Waals surface area contributed by atoms with Crippen LogP contribution in [0.25, 0.3) is 0 Å². The first-order valence-electron chi connectivity index (χ1n) is 8.21. The molecule has 0 saturated carbocycles. The average Bonchev–Trinajstić information content (AvgIpc) is 2.82. The van der Waals surface area contributed by atoms with Crippen LogP contribution >= 0.6 is 0 Å². The monoisotopic (exact) mass is 314 g/mol. The van der Waals surface area contributed by atoms with Crippen LogP contribution in [0.3, 0.4) is 0 Å². The largest absolute Gasteiger partial charge is 0.361 e. The SMILES string of the molecule is CC[C@@H](C(=O)N[C@@H](C)Cc1ccccc1C)c1c(C)noc1C. The molecule has 0 radical (unpaired) electrons. The van der Waals surface area contributed by atoms with Crippen molar-refractivity contribution in [1.82, 2.24) is 10.5 Å². The van der Waals surface area contributed by atoms with E-state index in [0.717, 1.165) is 29.9 Å². The quantitative estimate of drug-likeness (QED) is 0.881. The summed E-state index contributed by atoms with van der Waals surface area (Å²) < 4.78 is 5.21. The summed E-state index contributed by atoms with van der Waals surface area (Å²) in [5.74, 6) is 0.569. The minimum Gasteiger partial charge on any atom is -0.361 e. The second-order valence-corrected chi connectivity index (χ2v) is 6.24. The van der Waals surface area contributed by atoms with E-state index < -0.39 is 0 Å². The van der Waals surface area contributed by atoms with Crippen molar-refractivity contribution in [3.63, 3.8) is 0 Å². The summed E-state index contributed by atoms with van der Waals surface area (Å²) in [5.41, 5.74) is 4.25. The van der Waals surface area contributed by atoms with E-state index in [1.165, 1.54) is 11.1 Å². The van der Waals surface area contributed by atoms with Crippen LogP contribution in [0.1, 0.15) is 54.3 Å². The Morgan fingerprint density at radius 1 is 1.26 bits per heavy atom. The molecule has 4 heteroatoms. The summed E-state index contributed by atoms with van der Waals surface area (Å²) in [6, 6.07) is 8.37. The zero-order valence-corrected chi connectivity index (χ0v) is 14.6. The van der Waals surface area contributed by atoms with Gasteiger partial charge in [-0.05, 0) is 51.7 Å². The normalized spacial score (nSPS) is 13.6. The maximum atomic E-state index is 12.7. The zero-order chi connectivity index (χ0) is 17.0. The lowest BCUT2D eigenvalue weighted by molar-refractivity contribution is -0.123. The number of nitrogens with one attached hydrogen (secondary N) is 1. The molecule has 1 heterocycles. The van der Waals surface area contributed by atoms with Crippen LogP contribution in [0.15, 0.2) is 28.8 Å². The van der Waals surface area contributed by atoms with Crippen molar-refractivity contribution in [3.05, 3.63) is 52.4 Å². The third-order valence-electron chi connectivity index (χ3n) is 4.34. The van der Waals surface area contributed by atoms with Gasteiger partial charge >= 0.3 is 0 Å². The molecule has 0 aliphatic heterocycles. The Hall–Kier alpha value is -2.10. The molecule has 0 unspecified atom stereocenters. The van der Waals surface area contributed by atoms with Gasteiger partial charge in [0.1, 0.15) is 5.76 Å². The van der Waals surface area contributed by atoms with Gasteiger partial charge in [-0.1, -0.05) is 36.3 Å². The number of nitrogens with zero attached hydrogens (tertiary/aromatic N) is 1. The van der Waals surface area contributed by atoms with Gasteiger partial charge in [-0.15, -0.1) is 0 Å². The van der Waals surface area contributed by atoms with E-state index in [1.807, 2.05) is 39.8 Å². The molecule has 0 saturated heterocycles. The molecule has 0 aliphatic rings. The van der Waals surface area contributed by atoms with E-state index in [2.05, 4.69) is 29.5 Å². The fourth-order valence-corrected chi connectivity index (χ4v) is 3.07. The number of carbonyl (C=O) groups excluding carboxylic acids is 1. The lowest BCUT2D eigenvalue weighted by Gasteiger charge is -2.20. The molecule has 0 aliphatic carbocycles. The van der Waals surface area contributed by atoms with E-state index in [4.69, 9.17) is 4.52 Å². The highest BCUT2D eigenvalue weighted by Gasteiger charge is 2.26. The number of carbonyl (C=O) groups is 1. The van der Waals surface area contributed by atoms with Gasteiger partial charge in [-0.3, -0.25) is 4.79 Å². The Labute approximate surface area is 138 Å². The molecule has 1 aromatic heterocycles. The fraction of sp³-hybridized carbons (Fsp3) is 0.474. The smallest absolute Gasteiger partial charge is 0.227 e. The summed E-state index contributed by atoms with van der Waals surface area (Å²) >= 11 is 0. The first kappa shape index (κ1) is 17.3. The lowest BCUT2D eigenvalue weighted by atomic mass is 9.93. The van der Waals surface area contributed by atoms with Gasteiger partial charge in [0.05, 0.1) is 11.6 Å². The second-order valence-electron chi connectivity index (χ2n) is 6.24. The maximum absolute atomic E-state index is 12.7. The van der Waals surface area contributed by atoms with Crippen molar-refractivity contribution in [1.29, 1.82) is 0 Å². The van der Waals surface area contributed by atoms with Crippen molar-refractivity contribution in [2.75, 3.05) is 0 Å². The molecule has 124 valence electrons. The highest BCUT2D eigenvalue weighted by molar-refractivity contribution is 5.84. The van der Waals surface area contributed by atoms with Crippen LogP contribution in [-0.2, 0) is 11.2 Å². The zero-order valence-electron chi connectivity index (χ0n) is 14.6. The van der Waals surface area contributed by atoms with Gasteiger partial charge in [-0.2, -0.15) is 0 Å². The molecular formula is C19H26N2O2. The van der Waals surface area contributed by atoms with Crippen LogP contribution in [0.5, 0.6) is 0 Å². The van der Waals surface area contributed by atoms with E-state index in [-0.39, 0.29) is 17.9 Å². The molecular weight excluding hydrogens is 288 g/mol. The first-order valence-corrected chi connectivity index (χ1v) is 8.21. The number of rotatable bonds is 6. The van der Waals surface area contributed by atoms with E-state index in [9.17, 15) is 4.79 Å². The number of amides is 1. The second kappa shape index (κ2) is 7.44. The maximum Gasteiger partial charge on any atom is 0.227 e. The van der Waals surface area contributed by atoms with Crippen molar-refractivity contribution in [2.24, 2.45) is 0 Å². The minimum absolute atomic E-state index is 0.0444. The third-order valence-corrected chi connectivity index (χ3v) is 4.34. The highest BCUT2D eigenvalue weighted by Crippen LogP contribution is 2.26. The third kappa shape index (κ3) is 4.01. The molecule has 4 nitrogen and oxygen atoms in total. The van der Waals surface area contributed by atoms with Crippen LogP contribution in [0, 0.1) is 20.8 Å². The molecule has 23 heavy (non-hydrogen) atoms. The molecule has 1 N–H and O–H groups in total. The molecule has 0 bridgehead atoms. The fourth-order valence-electron chi connectivity index (χ4n) is 3.07. The van der Waals surface area contributed by atoms with Crippen LogP contribution < -0.4 is 5.32 Å². The van der Waals surface area contributed by atoms with Gasteiger partial charge in [0.2, 0.25) is 5.91 Å². The van der Waals surface area contributed by atoms with Crippen LogP contribution in [0.4, 0.5) is 0 Å². The molecule has 2 aromatic rings. The number of hydrogen-bond donors (Lipinski definition) is 1.